The van der Waals surface area contributed by atoms with Gasteiger partial charge in [-0.15, -0.1) is 23.5 Å². The normalized spacial score (nSPS) is 19.7. The number of nitrogens with one attached hydrogen (secondary N) is 4. The molecule has 0 saturated carbocycles. The number of primary amides is 1. The minimum Gasteiger partial charge on any atom is -0.508 e. The number of carboxylic acids is 1. The molecule has 266 valence electrons. The van der Waals surface area contributed by atoms with Crippen LogP contribution < -0.4 is 32.1 Å². The first kappa shape index (κ1) is 36.6. The number of aromatic hydroxyl groups is 1. The summed E-state index contributed by atoms with van der Waals surface area (Å²) in [5.41, 5.74) is 11.9. The second-order valence-corrected chi connectivity index (χ2v) is 14.6. The van der Waals surface area contributed by atoms with Crippen molar-refractivity contribution in [1.82, 2.24) is 35.6 Å². The Labute approximate surface area is 298 Å². The second-order valence-electron chi connectivity index (χ2n) is 11.2. The number of carboxylic acid groups (broad SMARTS) is 1. The van der Waals surface area contributed by atoms with Crippen molar-refractivity contribution < 1.29 is 39.3 Å². The highest BCUT2D eigenvalue weighted by Gasteiger charge is 2.55. The van der Waals surface area contributed by atoms with Crippen LogP contribution in [0.1, 0.15) is 25.5 Å². The molecule has 3 aliphatic rings. The lowest BCUT2D eigenvalue weighted by Gasteiger charge is -2.49. The lowest BCUT2D eigenvalue weighted by atomic mass is 10.00. The minimum atomic E-state index is -1.44. The summed E-state index contributed by atoms with van der Waals surface area (Å²) in [5, 5.41) is 34.2. The molecule has 1 fully saturated rings. The molecule has 5 rings (SSSR count). The standard InChI is InChI=1S/C29H34N10O8S3/c1-14(11-40)7-31-29-32-8-18(9-33-29)37(28(30)47)22(16-3-5-19(42)6-4-16)24(43)35-21-25(44)38-23(27(45)46)17(13-49-26(21)38)12-48-20-10-34-39(50-20)36-15(2)41/h3-6,8-10,14,21-22,26,34,40,42H,7,11-13H2,1-2H3,(H2,30,47)(H,35,43)(H,36,41)(H,45,46)(H,31,32,33)/t14?,21?,22?,26-/m0/s1. The topological polar surface area (TPSA) is 256 Å². The van der Waals surface area contributed by atoms with E-state index in [2.05, 4.69) is 31.5 Å². The van der Waals surface area contributed by atoms with Crippen LogP contribution in [0, 0.1) is 5.92 Å². The summed E-state index contributed by atoms with van der Waals surface area (Å²) in [4.78, 5) is 74.6. The second kappa shape index (κ2) is 15.9. The highest BCUT2D eigenvalue weighted by atomic mass is 32.2. The van der Waals surface area contributed by atoms with E-state index in [1.165, 1.54) is 83.6 Å². The minimum absolute atomic E-state index is 0.0462. The number of hydrogen-bond acceptors (Lipinski definition) is 15. The van der Waals surface area contributed by atoms with E-state index < -0.39 is 41.3 Å². The summed E-state index contributed by atoms with van der Waals surface area (Å²) < 4.78 is 2.16. The number of fused-ring (bicyclic) bond motifs is 1. The highest BCUT2D eigenvalue weighted by Crippen LogP contribution is 2.43. The predicted octanol–water partition coefficient (Wildman–Crippen LogP) is 0.639. The first-order valence-electron chi connectivity index (χ1n) is 15.0. The van der Waals surface area contributed by atoms with Crippen LogP contribution in [0.5, 0.6) is 5.75 Å². The van der Waals surface area contributed by atoms with Crippen molar-refractivity contribution in [3.8, 4) is 5.75 Å². The molecule has 1 aromatic carbocycles. The van der Waals surface area contributed by atoms with Crippen molar-refractivity contribution >= 4 is 76.8 Å². The number of nitrogens with zero attached hydrogens (tertiary/aromatic N) is 5. The van der Waals surface area contributed by atoms with Crippen molar-refractivity contribution in [2.75, 3.05) is 34.9 Å². The van der Waals surface area contributed by atoms with Crippen LogP contribution >= 0.6 is 35.5 Å². The molecule has 0 radical (unpaired) electrons. The summed E-state index contributed by atoms with van der Waals surface area (Å²) in [5.74, 6) is -2.44. The van der Waals surface area contributed by atoms with Crippen LogP contribution in [0.3, 0.4) is 0 Å². The Kier molecular flexibility index (Phi) is 11.6. The molecule has 3 aliphatic heterocycles. The number of aliphatic hydroxyl groups excluding tert-OH is 1. The van der Waals surface area contributed by atoms with Crippen molar-refractivity contribution in [3.63, 3.8) is 0 Å². The van der Waals surface area contributed by atoms with Gasteiger partial charge in [-0.1, -0.05) is 23.6 Å². The number of hydrogen-bond donors (Lipinski definition) is 8. The zero-order valence-corrected chi connectivity index (χ0v) is 29.0. The highest BCUT2D eigenvalue weighted by molar-refractivity contribution is 8.21. The number of β-lactam (4-membered cyclic amide) rings is 1. The van der Waals surface area contributed by atoms with Crippen molar-refractivity contribution in [1.29, 1.82) is 0 Å². The van der Waals surface area contributed by atoms with Crippen LogP contribution in [0.4, 0.5) is 16.4 Å². The van der Waals surface area contributed by atoms with Crippen LogP contribution in [0.15, 0.2) is 58.4 Å². The van der Waals surface area contributed by atoms with Gasteiger partial charge >= 0.3 is 12.0 Å². The lowest BCUT2D eigenvalue weighted by Crippen LogP contribution is -2.71. The van der Waals surface area contributed by atoms with Crippen molar-refractivity contribution in [3.05, 3.63) is 63.9 Å². The van der Waals surface area contributed by atoms with Crippen LogP contribution in [0.25, 0.3) is 0 Å². The van der Waals surface area contributed by atoms with E-state index in [1.807, 2.05) is 6.92 Å². The molecular weight excluding hydrogens is 713 g/mol. The third-order valence-corrected chi connectivity index (χ3v) is 11.0. The number of hydrazine groups is 2. The van der Waals surface area contributed by atoms with Gasteiger partial charge in [0.15, 0.2) is 0 Å². The Balaban J connectivity index is 1.33. The van der Waals surface area contributed by atoms with Crippen LogP contribution in [0.2, 0.25) is 0 Å². The molecule has 21 heteroatoms. The molecule has 4 atom stereocenters. The number of carbonyl (C=O) groups excluding carboxylic acids is 4. The number of benzene rings is 1. The fourth-order valence-corrected chi connectivity index (χ4v) is 8.39. The largest absolute Gasteiger partial charge is 0.508 e. The summed E-state index contributed by atoms with van der Waals surface area (Å²) in [6.07, 6.45) is 4.23. The predicted molar refractivity (Wildman–Crippen MR) is 186 cm³/mol. The number of anilines is 2. The van der Waals surface area contributed by atoms with Gasteiger partial charge in [0.1, 0.15) is 28.9 Å². The van der Waals surface area contributed by atoms with Crippen molar-refractivity contribution in [2.45, 2.75) is 31.3 Å². The van der Waals surface area contributed by atoms with E-state index in [0.29, 0.717) is 12.1 Å². The Bertz CT molecular complexity index is 1710. The average Bonchev–Trinajstić information content (AvgIpc) is 3.53. The maximum Gasteiger partial charge on any atom is 0.352 e. The number of aliphatic hydroxyl groups is 1. The fourth-order valence-electron chi connectivity index (χ4n) is 5.05. The molecule has 4 heterocycles. The number of thioether (sulfide) groups is 2. The maximum atomic E-state index is 14.0. The number of phenols is 1. The zero-order chi connectivity index (χ0) is 36.1. The first-order chi connectivity index (χ1) is 23.9. The molecule has 5 amide bonds. The molecule has 9 N–H and O–H groups in total. The lowest BCUT2D eigenvalue weighted by molar-refractivity contribution is -0.150. The van der Waals surface area contributed by atoms with Gasteiger partial charge in [0, 0.05) is 49.7 Å². The number of aromatic nitrogens is 2. The molecule has 0 aliphatic carbocycles. The molecule has 18 nitrogen and oxygen atoms in total. The van der Waals surface area contributed by atoms with E-state index in [-0.39, 0.29) is 58.6 Å². The van der Waals surface area contributed by atoms with Gasteiger partial charge in [-0.05, 0) is 29.2 Å². The van der Waals surface area contributed by atoms with Gasteiger partial charge in [-0.2, -0.15) is 0 Å². The smallest absolute Gasteiger partial charge is 0.352 e. The van der Waals surface area contributed by atoms with Crippen LogP contribution in [-0.4, -0.2) is 101 Å². The number of urea groups is 1. The van der Waals surface area contributed by atoms with E-state index >= 15 is 0 Å². The van der Waals surface area contributed by atoms with Gasteiger partial charge in [-0.3, -0.25) is 35.0 Å². The Morgan fingerprint density at radius 1 is 1.20 bits per heavy atom. The summed E-state index contributed by atoms with van der Waals surface area (Å²) >= 11 is 3.82. The summed E-state index contributed by atoms with van der Waals surface area (Å²) in [6, 6.07) is 1.90. The molecule has 1 aromatic heterocycles. The fraction of sp³-hybridized carbons (Fsp3) is 0.345. The quantitative estimate of drug-likeness (QED) is 0.0975. The third kappa shape index (κ3) is 8.18. The number of amides is 5. The number of rotatable bonds is 14. The Hall–Kier alpha value is -4.70. The average molecular weight is 747 g/mol. The zero-order valence-electron chi connectivity index (χ0n) is 26.6. The first-order valence-corrected chi connectivity index (χ1v) is 17.8. The van der Waals surface area contributed by atoms with Gasteiger partial charge in [0.25, 0.3) is 5.91 Å². The van der Waals surface area contributed by atoms with Gasteiger partial charge in [0.2, 0.25) is 17.8 Å². The van der Waals surface area contributed by atoms with Crippen molar-refractivity contribution in [2.24, 2.45) is 11.7 Å². The summed E-state index contributed by atoms with van der Waals surface area (Å²) in [6.45, 7) is 3.52. The van der Waals surface area contributed by atoms with E-state index in [0.717, 1.165) is 14.0 Å². The summed E-state index contributed by atoms with van der Waals surface area (Å²) in [7, 11) is 0. The number of carbonyl (C=O) groups is 5. The monoisotopic (exact) mass is 746 g/mol. The van der Waals surface area contributed by atoms with E-state index in [4.69, 9.17) is 5.73 Å². The number of phenolic OH excluding ortho intramolecular Hbond substituents is 1. The van der Waals surface area contributed by atoms with E-state index in [1.54, 1.807) is 6.20 Å². The third-order valence-electron chi connectivity index (χ3n) is 7.47. The molecule has 1 saturated heterocycles. The molecular formula is C29H34N10O8S3. The molecule has 0 bridgehead atoms. The Morgan fingerprint density at radius 3 is 2.52 bits per heavy atom. The maximum absolute atomic E-state index is 14.0. The molecule has 0 spiro atoms. The van der Waals surface area contributed by atoms with E-state index in [9.17, 15) is 39.3 Å². The van der Waals surface area contributed by atoms with Gasteiger partial charge in [-0.25, -0.2) is 19.6 Å². The number of nitrogens with two attached hydrogens (primary N) is 1. The molecule has 2 aromatic rings. The Morgan fingerprint density at radius 2 is 1.90 bits per heavy atom. The van der Waals surface area contributed by atoms with Gasteiger partial charge < -0.3 is 31.7 Å². The number of aliphatic carboxylic acids is 1. The molecule has 3 unspecified atom stereocenters. The van der Waals surface area contributed by atoms with Gasteiger partial charge in [0.05, 0.1) is 22.3 Å². The van der Waals surface area contributed by atoms with Crippen LogP contribution in [-0.2, 0) is 19.2 Å². The SMILES string of the molecule is CC(=O)NN1NC=C(SCC2=C(C(=O)O)N3C(=O)C(NC(=O)C(c4ccc(O)cc4)N(C(N)=O)c4cnc(NCC(C)CO)nc4)[C@@H]3SC2)S1. The molecule has 50 heavy (non-hydrogen) atoms.